The van der Waals surface area contributed by atoms with Crippen molar-refractivity contribution in [1.82, 2.24) is 25.2 Å². The van der Waals surface area contributed by atoms with E-state index in [0.29, 0.717) is 24.3 Å². The van der Waals surface area contributed by atoms with Crippen LogP contribution in [0.3, 0.4) is 0 Å². The Morgan fingerprint density at radius 3 is 2.33 bits per heavy atom. The molecule has 0 saturated carbocycles. The molecule has 7 heteroatoms. The van der Waals surface area contributed by atoms with Gasteiger partial charge in [-0.15, -0.1) is 5.10 Å². The summed E-state index contributed by atoms with van der Waals surface area (Å²) in [4.78, 5) is 27.0. The maximum absolute atomic E-state index is 12.9. The van der Waals surface area contributed by atoms with Gasteiger partial charge in [0.25, 0.3) is 11.8 Å². The summed E-state index contributed by atoms with van der Waals surface area (Å²) in [5.74, 6) is -0.199. The second-order valence-electron chi connectivity index (χ2n) is 7.80. The predicted molar refractivity (Wildman–Crippen MR) is 114 cm³/mol. The Kier molecular flexibility index (Phi) is 5.61. The molecule has 2 amide bonds. The molecule has 0 spiro atoms. The molecular formula is C23H25N5O2. The third kappa shape index (κ3) is 4.40. The molecule has 1 aliphatic rings. The number of amides is 2. The summed E-state index contributed by atoms with van der Waals surface area (Å²) < 4.78 is 1.64. The molecule has 0 unspecified atom stereocenters. The van der Waals surface area contributed by atoms with Crippen molar-refractivity contribution in [1.29, 1.82) is 0 Å². The first-order valence-electron chi connectivity index (χ1n) is 10.2. The van der Waals surface area contributed by atoms with E-state index in [1.165, 1.54) is 0 Å². The Morgan fingerprint density at radius 2 is 1.67 bits per heavy atom. The van der Waals surface area contributed by atoms with Crippen LogP contribution >= 0.6 is 0 Å². The number of likely N-dealkylation sites (tertiary alicyclic amines) is 1. The molecule has 1 aromatic heterocycles. The Bertz CT molecular complexity index is 1030. The van der Waals surface area contributed by atoms with E-state index >= 15 is 0 Å². The number of piperidine rings is 1. The van der Waals surface area contributed by atoms with E-state index in [2.05, 4.69) is 21.7 Å². The highest BCUT2D eigenvalue weighted by Gasteiger charge is 2.26. The normalized spacial score (nSPS) is 14.5. The van der Waals surface area contributed by atoms with Gasteiger partial charge in [0, 0.05) is 24.7 Å². The van der Waals surface area contributed by atoms with Crippen LogP contribution in [0.4, 0.5) is 0 Å². The topological polar surface area (TPSA) is 80.1 Å². The van der Waals surface area contributed by atoms with E-state index in [1.807, 2.05) is 44.2 Å². The number of hydrogen-bond donors (Lipinski definition) is 1. The molecule has 30 heavy (non-hydrogen) atoms. The van der Waals surface area contributed by atoms with Crippen molar-refractivity contribution in [2.24, 2.45) is 0 Å². The number of aromatic nitrogens is 3. The van der Waals surface area contributed by atoms with Crippen LogP contribution in [-0.4, -0.2) is 50.8 Å². The number of benzene rings is 2. The van der Waals surface area contributed by atoms with Crippen LogP contribution in [-0.2, 0) is 0 Å². The first kappa shape index (κ1) is 19.8. The average molecular weight is 403 g/mol. The summed E-state index contributed by atoms with van der Waals surface area (Å²) in [6.07, 6.45) is 3.12. The number of aryl methyl sites for hydroxylation is 2. The molecular weight excluding hydrogens is 378 g/mol. The number of carbonyl (C=O) groups is 2. The summed E-state index contributed by atoms with van der Waals surface area (Å²) in [6.45, 7) is 5.21. The van der Waals surface area contributed by atoms with Gasteiger partial charge in [0.05, 0.1) is 11.9 Å². The van der Waals surface area contributed by atoms with Gasteiger partial charge in [-0.3, -0.25) is 9.59 Å². The van der Waals surface area contributed by atoms with Crippen LogP contribution in [0.2, 0.25) is 0 Å². The fourth-order valence-corrected chi connectivity index (χ4v) is 3.82. The molecule has 4 rings (SSSR count). The van der Waals surface area contributed by atoms with E-state index in [-0.39, 0.29) is 17.9 Å². The SMILES string of the molecule is Cc1cc(C)cc(-n2cc(C(=O)N3CCC(NC(=O)c4ccccc4)CC3)nn2)c1. The Morgan fingerprint density at radius 1 is 1.00 bits per heavy atom. The number of nitrogens with one attached hydrogen (secondary N) is 1. The first-order valence-corrected chi connectivity index (χ1v) is 10.2. The molecule has 2 aromatic carbocycles. The lowest BCUT2D eigenvalue weighted by atomic mass is 10.0. The van der Waals surface area contributed by atoms with E-state index in [4.69, 9.17) is 0 Å². The first-order chi connectivity index (χ1) is 14.5. The summed E-state index contributed by atoms with van der Waals surface area (Å²) in [5, 5.41) is 11.3. The zero-order valence-electron chi connectivity index (χ0n) is 17.2. The van der Waals surface area contributed by atoms with Crippen LogP contribution in [0.1, 0.15) is 44.8 Å². The van der Waals surface area contributed by atoms with Crippen LogP contribution in [0, 0.1) is 13.8 Å². The minimum Gasteiger partial charge on any atom is -0.349 e. The summed E-state index contributed by atoms with van der Waals surface area (Å²) in [5.41, 5.74) is 4.14. The van der Waals surface area contributed by atoms with Gasteiger partial charge in [0.15, 0.2) is 5.69 Å². The van der Waals surface area contributed by atoms with E-state index in [1.54, 1.807) is 27.9 Å². The highest BCUT2D eigenvalue weighted by molar-refractivity contribution is 5.94. The third-order valence-electron chi connectivity index (χ3n) is 5.34. The summed E-state index contributed by atoms with van der Waals surface area (Å²) >= 11 is 0. The fraction of sp³-hybridized carbons (Fsp3) is 0.304. The van der Waals surface area contributed by atoms with Crippen LogP contribution in [0.25, 0.3) is 5.69 Å². The lowest BCUT2D eigenvalue weighted by Crippen LogP contribution is -2.46. The third-order valence-corrected chi connectivity index (χ3v) is 5.34. The second-order valence-corrected chi connectivity index (χ2v) is 7.80. The molecule has 2 heterocycles. The molecule has 3 aromatic rings. The molecule has 1 N–H and O–H groups in total. The quantitative estimate of drug-likeness (QED) is 0.726. The highest BCUT2D eigenvalue weighted by atomic mass is 16.2. The van der Waals surface area contributed by atoms with Crippen molar-refractivity contribution in [2.75, 3.05) is 13.1 Å². The molecule has 1 fully saturated rings. The lowest BCUT2D eigenvalue weighted by Gasteiger charge is -2.31. The standard InChI is InChI=1S/C23H25N5O2/c1-16-12-17(2)14-20(13-16)28-15-21(25-26-28)23(30)27-10-8-19(9-11-27)24-22(29)18-6-4-3-5-7-18/h3-7,12-15,19H,8-11H2,1-2H3,(H,24,29). The van der Waals surface area contributed by atoms with Gasteiger partial charge in [-0.1, -0.05) is 29.5 Å². The van der Waals surface area contributed by atoms with Gasteiger partial charge in [-0.05, 0) is 62.1 Å². The molecule has 0 atom stereocenters. The minimum absolute atomic E-state index is 0.0627. The zero-order valence-corrected chi connectivity index (χ0v) is 17.2. The monoisotopic (exact) mass is 403 g/mol. The predicted octanol–water partition coefficient (Wildman–Crippen LogP) is 2.92. The molecule has 0 bridgehead atoms. The summed E-state index contributed by atoms with van der Waals surface area (Å²) in [7, 11) is 0. The van der Waals surface area contributed by atoms with Crippen molar-refractivity contribution in [2.45, 2.75) is 32.7 Å². The Balaban J connectivity index is 1.35. The highest BCUT2D eigenvalue weighted by Crippen LogP contribution is 2.16. The van der Waals surface area contributed by atoms with Crippen molar-refractivity contribution >= 4 is 11.8 Å². The van der Waals surface area contributed by atoms with Crippen molar-refractivity contribution in [3.63, 3.8) is 0 Å². The number of nitrogens with zero attached hydrogens (tertiary/aromatic N) is 4. The van der Waals surface area contributed by atoms with Crippen molar-refractivity contribution in [3.8, 4) is 5.69 Å². The largest absolute Gasteiger partial charge is 0.349 e. The van der Waals surface area contributed by atoms with Gasteiger partial charge < -0.3 is 10.2 Å². The maximum atomic E-state index is 12.9. The van der Waals surface area contributed by atoms with Crippen LogP contribution in [0.15, 0.2) is 54.7 Å². The van der Waals surface area contributed by atoms with Gasteiger partial charge in [-0.2, -0.15) is 0 Å². The molecule has 0 aliphatic carbocycles. The minimum atomic E-state index is -0.126. The van der Waals surface area contributed by atoms with Crippen LogP contribution < -0.4 is 5.32 Å². The van der Waals surface area contributed by atoms with Gasteiger partial charge in [0.2, 0.25) is 0 Å². The Hall–Kier alpha value is -3.48. The van der Waals surface area contributed by atoms with Crippen LogP contribution in [0.5, 0.6) is 0 Å². The molecule has 7 nitrogen and oxygen atoms in total. The van der Waals surface area contributed by atoms with E-state index in [0.717, 1.165) is 29.7 Å². The lowest BCUT2D eigenvalue weighted by molar-refractivity contribution is 0.0692. The van der Waals surface area contributed by atoms with E-state index in [9.17, 15) is 9.59 Å². The van der Waals surface area contributed by atoms with Crippen molar-refractivity contribution in [3.05, 3.63) is 77.1 Å². The smallest absolute Gasteiger partial charge is 0.276 e. The Labute approximate surface area is 175 Å². The van der Waals surface area contributed by atoms with Gasteiger partial charge >= 0.3 is 0 Å². The average Bonchev–Trinajstić information content (AvgIpc) is 3.24. The van der Waals surface area contributed by atoms with E-state index < -0.39 is 0 Å². The second kappa shape index (κ2) is 8.49. The van der Waals surface area contributed by atoms with Gasteiger partial charge in [0.1, 0.15) is 0 Å². The summed E-state index contributed by atoms with van der Waals surface area (Å²) in [6, 6.07) is 15.4. The fourth-order valence-electron chi connectivity index (χ4n) is 3.82. The molecule has 1 saturated heterocycles. The molecule has 1 aliphatic heterocycles. The maximum Gasteiger partial charge on any atom is 0.276 e. The number of hydrogen-bond acceptors (Lipinski definition) is 4. The van der Waals surface area contributed by atoms with Gasteiger partial charge in [-0.25, -0.2) is 4.68 Å². The molecule has 0 radical (unpaired) electrons. The number of rotatable bonds is 4. The zero-order chi connectivity index (χ0) is 21.1. The number of carbonyl (C=O) groups excluding carboxylic acids is 2. The molecule has 154 valence electrons. The van der Waals surface area contributed by atoms with Crippen molar-refractivity contribution < 1.29 is 9.59 Å².